The minimum absolute atomic E-state index is 0.0608. The molecular formula is C6H7ClHgN2O2S. The Morgan fingerprint density at radius 1 is 1.85 bits per heavy atom. The van der Waals surface area contributed by atoms with Crippen molar-refractivity contribution in [1.29, 1.82) is 0 Å². The van der Waals surface area contributed by atoms with Crippen LogP contribution in [0.4, 0.5) is 0 Å². The molecule has 7 heteroatoms. The van der Waals surface area contributed by atoms with Gasteiger partial charge in [-0.1, -0.05) is 0 Å². The topological polar surface area (TPSA) is 64.5 Å². The maximum atomic E-state index is 10.6. The van der Waals surface area contributed by atoms with Gasteiger partial charge in [-0.2, -0.15) is 0 Å². The van der Waals surface area contributed by atoms with Gasteiger partial charge < -0.3 is 10.4 Å². The van der Waals surface area contributed by atoms with Gasteiger partial charge in [0, 0.05) is 6.92 Å². The molecule has 0 aromatic carbocycles. The first kappa shape index (κ1) is 13.3. The van der Waals surface area contributed by atoms with Gasteiger partial charge in [-0.15, -0.1) is 0 Å². The van der Waals surface area contributed by atoms with E-state index in [0.717, 1.165) is 11.8 Å². The maximum absolute atomic E-state index is 10.6. The third-order valence-corrected chi connectivity index (χ3v) is 1.78. The summed E-state index contributed by atoms with van der Waals surface area (Å²) in [6.07, 6.45) is 2.81. The van der Waals surface area contributed by atoms with Crippen LogP contribution >= 0.6 is 20.0 Å². The van der Waals surface area contributed by atoms with Crippen molar-refractivity contribution in [3.8, 4) is 0 Å². The molecule has 1 unspecified atom stereocenters. The first-order chi connectivity index (χ1) is 6.18. The van der Waals surface area contributed by atoms with E-state index in [2.05, 4.69) is 10.3 Å². The van der Waals surface area contributed by atoms with E-state index in [1.165, 1.54) is 19.2 Å². The quantitative estimate of drug-likeness (QED) is 0.627. The monoisotopic (exact) mass is 408 g/mol. The fraction of sp³-hybridized carbons (Fsp3) is 0.333. The average molecular weight is 407 g/mol. The van der Waals surface area contributed by atoms with E-state index in [-0.39, 0.29) is 11.0 Å². The van der Waals surface area contributed by atoms with E-state index in [1.54, 1.807) is 0 Å². The Balaban J connectivity index is 0.000000671. The molecular weight excluding hydrogens is 400 g/mol. The van der Waals surface area contributed by atoms with Gasteiger partial charge >= 0.3 is 33.1 Å². The molecule has 1 N–H and O–H groups in total. The minimum atomic E-state index is -0.440. The van der Waals surface area contributed by atoms with Crippen LogP contribution in [0.15, 0.2) is 17.3 Å². The van der Waals surface area contributed by atoms with Crippen LogP contribution < -0.4 is 10.4 Å². The Hall–Kier alpha value is 0.255. The number of hydrogen-bond acceptors (Lipinski definition) is 5. The number of thioether (sulfide) groups is 1. The molecule has 0 bridgehead atoms. The Labute approximate surface area is 100 Å². The molecule has 1 aliphatic rings. The first-order valence-corrected chi connectivity index (χ1v) is 10.9. The molecule has 1 aliphatic heterocycles. The summed E-state index contributed by atoms with van der Waals surface area (Å²) in [5.41, 5.74) is -0.440. The van der Waals surface area contributed by atoms with Crippen LogP contribution in [0.25, 0.3) is 0 Å². The SMILES string of the molecule is CC(=O)SC1N=C([O-])C=CN1.[Cl][Hg+]. The van der Waals surface area contributed by atoms with Crippen molar-refractivity contribution in [2.24, 2.45) is 4.99 Å². The summed E-state index contributed by atoms with van der Waals surface area (Å²) in [5, 5.41) is 13.3. The predicted octanol–water partition coefficient (Wildman–Crippen LogP) is 0.112. The summed E-state index contributed by atoms with van der Waals surface area (Å²) in [6, 6.07) is 0. The molecule has 4 nitrogen and oxygen atoms in total. The van der Waals surface area contributed by atoms with Crippen LogP contribution in [-0.2, 0) is 29.7 Å². The van der Waals surface area contributed by atoms with Crippen LogP contribution in [0.1, 0.15) is 6.92 Å². The van der Waals surface area contributed by atoms with Crippen molar-refractivity contribution in [2.75, 3.05) is 0 Å². The van der Waals surface area contributed by atoms with Crippen molar-refractivity contribution in [3.05, 3.63) is 12.3 Å². The summed E-state index contributed by atoms with van der Waals surface area (Å²) < 4.78 is 0. The molecule has 1 atom stereocenters. The number of halogens is 1. The molecule has 0 amide bonds. The van der Waals surface area contributed by atoms with E-state index in [9.17, 15) is 9.90 Å². The van der Waals surface area contributed by atoms with E-state index >= 15 is 0 Å². The zero-order valence-corrected chi connectivity index (χ0v) is 14.1. The van der Waals surface area contributed by atoms with E-state index in [4.69, 9.17) is 8.25 Å². The summed E-state index contributed by atoms with van der Waals surface area (Å²) in [4.78, 5) is 14.2. The van der Waals surface area contributed by atoms with Gasteiger partial charge in [-0.05, 0) is 29.9 Å². The van der Waals surface area contributed by atoms with Gasteiger partial charge in [0.05, 0.1) is 0 Å². The Morgan fingerprint density at radius 2 is 2.46 bits per heavy atom. The summed E-state index contributed by atoms with van der Waals surface area (Å²) in [7, 11) is 4.83. The van der Waals surface area contributed by atoms with Gasteiger partial charge in [0.2, 0.25) is 0 Å². The van der Waals surface area contributed by atoms with Crippen LogP contribution in [0.5, 0.6) is 0 Å². The number of carbonyl (C=O) groups excluding carboxylic acids is 1. The van der Waals surface area contributed by atoms with Crippen molar-refractivity contribution < 1.29 is 34.8 Å². The van der Waals surface area contributed by atoms with E-state index < -0.39 is 5.50 Å². The van der Waals surface area contributed by atoms with Crippen molar-refractivity contribution in [3.63, 3.8) is 0 Å². The molecule has 0 aliphatic carbocycles. The molecule has 1 heterocycles. The second kappa shape index (κ2) is 7.64. The summed E-state index contributed by atoms with van der Waals surface area (Å²) in [5.74, 6) is -0.303. The summed E-state index contributed by atoms with van der Waals surface area (Å²) in [6.45, 7) is 1.44. The average Bonchev–Trinajstić information content (AvgIpc) is 2.06. The fourth-order valence-corrected chi connectivity index (χ4v) is 1.23. The molecule has 0 spiro atoms. The third kappa shape index (κ3) is 6.34. The zero-order chi connectivity index (χ0) is 10.3. The van der Waals surface area contributed by atoms with Gasteiger partial charge in [-0.3, -0.25) is 9.79 Å². The molecule has 0 aromatic heterocycles. The fourth-order valence-electron chi connectivity index (χ4n) is 0.615. The van der Waals surface area contributed by atoms with Gasteiger partial charge in [-0.25, -0.2) is 0 Å². The van der Waals surface area contributed by atoms with Crippen LogP contribution in [0.2, 0.25) is 0 Å². The second-order valence-corrected chi connectivity index (χ2v) is 3.19. The number of aliphatic imine (C=N–C) groups is 1. The van der Waals surface area contributed by atoms with E-state index in [0.29, 0.717) is 24.9 Å². The Morgan fingerprint density at radius 3 is 2.92 bits per heavy atom. The second-order valence-electron chi connectivity index (χ2n) is 1.93. The number of rotatable bonds is 1. The molecule has 0 saturated carbocycles. The van der Waals surface area contributed by atoms with Crippen molar-refractivity contribution in [1.82, 2.24) is 5.32 Å². The number of carbonyl (C=O) groups is 1. The number of nitrogens with one attached hydrogen (secondary N) is 1. The van der Waals surface area contributed by atoms with Crippen molar-refractivity contribution in [2.45, 2.75) is 12.4 Å². The molecule has 68 valence electrons. The molecule has 0 radical (unpaired) electrons. The molecule has 0 fully saturated rings. The molecule has 13 heavy (non-hydrogen) atoms. The van der Waals surface area contributed by atoms with Crippen LogP contribution in [-0.4, -0.2) is 16.5 Å². The van der Waals surface area contributed by atoms with Gasteiger partial charge in [0.25, 0.3) is 0 Å². The molecule has 0 aromatic rings. The van der Waals surface area contributed by atoms with Gasteiger partial charge in [0.15, 0.2) is 10.6 Å². The van der Waals surface area contributed by atoms with Crippen LogP contribution in [0, 0.1) is 0 Å². The summed E-state index contributed by atoms with van der Waals surface area (Å²) >= 11 is 1.49. The van der Waals surface area contributed by atoms with Gasteiger partial charge in [0.1, 0.15) is 0 Å². The molecule has 1 rings (SSSR count). The number of hydrogen-bond donors (Lipinski definition) is 1. The van der Waals surface area contributed by atoms with Crippen molar-refractivity contribution >= 4 is 31.0 Å². The predicted molar refractivity (Wildman–Crippen MR) is 47.6 cm³/mol. The Bertz CT molecular complexity index is 235. The normalized spacial score (nSPS) is 19.4. The molecule has 0 saturated heterocycles. The zero-order valence-electron chi connectivity index (χ0n) is 6.99. The Kier molecular flexibility index (Phi) is 7.79. The van der Waals surface area contributed by atoms with Crippen LogP contribution in [0.3, 0.4) is 0 Å². The first-order valence-electron chi connectivity index (χ1n) is 3.30. The standard InChI is InChI=1S/C6H8N2O2S.ClH.Hg/c1-4(9)11-6-7-3-2-5(10)8-6;;/h2-3,6-7H,1H3,(H,8,10);1H;/q;;+2/p-2. The third-order valence-electron chi connectivity index (χ3n) is 0.987. The number of nitrogens with zero attached hydrogens (tertiary/aromatic N) is 1. The van der Waals surface area contributed by atoms with E-state index in [1.807, 2.05) is 0 Å².